The second-order valence-electron chi connectivity index (χ2n) is 7.11. The monoisotopic (exact) mass is 461 g/mol. The number of nitrogens with one attached hydrogen (secondary N) is 3. The van der Waals surface area contributed by atoms with Crippen molar-refractivity contribution in [1.29, 1.82) is 0 Å². The average Bonchev–Trinajstić information content (AvgIpc) is 2.79. The summed E-state index contributed by atoms with van der Waals surface area (Å²) in [6.07, 6.45) is 8.86. The van der Waals surface area contributed by atoms with Gasteiger partial charge in [0.2, 0.25) is 11.9 Å². The van der Waals surface area contributed by atoms with Gasteiger partial charge in [-0.25, -0.2) is 4.98 Å². The van der Waals surface area contributed by atoms with Crippen molar-refractivity contribution in [3.8, 4) is 0 Å². The minimum atomic E-state index is -0.250. The number of nitrogen functional groups attached to an aromatic ring is 1. The van der Waals surface area contributed by atoms with E-state index in [1.165, 1.54) is 0 Å². The van der Waals surface area contributed by atoms with Crippen LogP contribution in [0.5, 0.6) is 0 Å². The van der Waals surface area contributed by atoms with Gasteiger partial charge in [-0.15, -0.1) is 0 Å². The molecular weight excluding hydrogens is 430 g/mol. The van der Waals surface area contributed by atoms with E-state index in [-0.39, 0.29) is 30.7 Å². The third-order valence-corrected chi connectivity index (χ3v) is 4.88. The number of carboxylic acid groups (broad SMARTS) is 2. The Morgan fingerprint density at radius 2 is 1.79 bits per heavy atom. The summed E-state index contributed by atoms with van der Waals surface area (Å²) in [4.78, 5) is 41.2. The molecule has 2 aromatic rings. The molecule has 0 saturated heterocycles. The van der Waals surface area contributed by atoms with Crippen LogP contribution in [0.1, 0.15) is 31.2 Å². The van der Waals surface area contributed by atoms with E-state index in [4.69, 9.17) is 25.5 Å². The lowest BCUT2D eigenvalue weighted by molar-refractivity contribution is -0.126. The third-order valence-electron chi connectivity index (χ3n) is 4.88. The molecule has 0 atom stereocenters. The van der Waals surface area contributed by atoms with Gasteiger partial charge in [-0.2, -0.15) is 4.98 Å². The van der Waals surface area contributed by atoms with E-state index in [1.807, 2.05) is 25.3 Å². The van der Waals surface area contributed by atoms with Gasteiger partial charge in [0.25, 0.3) is 12.9 Å². The lowest BCUT2D eigenvalue weighted by atomic mass is 9.85. The Labute approximate surface area is 192 Å². The Morgan fingerprint density at radius 1 is 1.12 bits per heavy atom. The van der Waals surface area contributed by atoms with Crippen molar-refractivity contribution in [1.82, 2.24) is 20.3 Å². The summed E-state index contributed by atoms with van der Waals surface area (Å²) in [7, 11) is 0. The Kier molecular flexibility index (Phi) is 12.9. The minimum Gasteiger partial charge on any atom is -0.483 e. The number of amides is 1. The second-order valence-corrected chi connectivity index (χ2v) is 7.11. The van der Waals surface area contributed by atoms with Crippen LogP contribution in [0.4, 0.5) is 17.5 Å². The van der Waals surface area contributed by atoms with Crippen LogP contribution in [0.3, 0.4) is 0 Å². The molecule has 1 aliphatic carbocycles. The molecule has 1 fully saturated rings. The summed E-state index contributed by atoms with van der Waals surface area (Å²) in [6, 6.07) is 4.07. The molecule has 0 unspecified atom stereocenters. The van der Waals surface area contributed by atoms with Crippen LogP contribution >= 0.6 is 0 Å². The van der Waals surface area contributed by atoms with Gasteiger partial charge in [0, 0.05) is 49.3 Å². The molecule has 0 radical (unpaired) electrons. The number of carbonyl (C=O) groups excluding carboxylic acids is 1. The Balaban J connectivity index is 0.000000819. The maximum atomic E-state index is 12.4. The zero-order valence-corrected chi connectivity index (χ0v) is 18.5. The topological polar surface area (TPSA) is 192 Å². The zero-order chi connectivity index (χ0) is 24.5. The third kappa shape index (κ3) is 10.8. The number of nitrogens with zero attached hydrogens (tertiary/aromatic N) is 3. The van der Waals surface area contributed by atoms with Crippen LogP contribution in [0.25, 0.3) is 0 Å². The van der Waals surface area contributed by atoms with Crippen LogP contribution in [-0.4, -0.2) is 63.1 Å². The highest BCUT2D eigenvalue weighted by Crippen LogP contribution is 2.26. The van der Waals surface area contributed by atoms with Crippen LogP contribution < -0.4 is 21.7 Å². The molecule has 2 heterocycles. The second kappa shape index (κ2) is 15.8. The molecule has 7 N–H and O–H groups in total. The summed E-state index contributed by atoms with van der Waals surface area (Å²) in [5.41, 5.74) is 7.75. The van der Waals surface area contributed by atoms with E-state index in [0.29, 0.717) is 19.1 Å². The summed E-state index contributed by atoms with van der Waals surface area (Å²) >= 11 is 0. The molecule has 1 saturated carbocycles. The number of carbonyl (C=O) groups is 3. The van der Waals surface area contributed by atoms with E-state index >= 15 is 0 Å². The number of aryl methyl sites for hydroxylation is 1. The fourth-order valence-corrected chi connectivity index (χ4v) is 3.36. The molecule has 0 bridgehead atoms. The fourth-order valence-electron chi connectivity index (χ4n) is 3.36. The number of rotatable bonds is 7. The average molecular weight is 462 g/mol. The van der Waals surface area contributed by atoms with Crippen molar-refractivity contribution < 1.29 is 24.6 Å². The molecule has 33 heavy (non-hydrogen) atoms. The first-order valence-corrected chi connectivity index (χ1v) is 10.4. The molecule has 180 valence electrons. The van der Waals surface area contributed by atoms with E-state index in [0.717, 1.165) is 42.8 Å². The lowest BCUT2D eigenvalue weighted by Crippen LogP contribution is -2.37. The standard InChI is InChI=1S/C19H27N7O.2CH2O2/c1-13-12-21-8-6-16(13)22-10-11-23-18(27)14-2-4-15(5-3-14)25-17-7-9-24-19(20)26-17;2*2-1-3/h6-9,12,14-15H,2-5,10-11H2,1H3,(H,21,22)(H,23,27)(H3,20,24,25,26);2*1H,(H,2,3). The number of aromatic nitrogens is 3. The summed E-state index contributed by atoms with van der Waals surface area (Å²) in [5, 5.41) is 23.5. The van der Waals surface area contributed by atoms with Crippen molar-refractivity contribution in [2.24, 2.45) is 5.92 Å². The normalized spacial score (nSPS) is 16.5. The lowest BCUT2D eigenvalue weighted by Gasteiger charge is -2.28. The highest BCUT2D eigenvalue weighted by Gasteiger charge is 2.26. The van der Waals surface area contributed by atoms with Gasteiger partial charge in [-0.1, -0.05) is 0 Å². The fraction of sp³-hybridized carbons (Fsp3) is 0.429. The number of anilines is 3. The smallest absolute Gasteiger partial charge is 0.290 e. The molecule has 3 rings (SSSR count). The summed E-state index contributed by atoms with van der Waals surface area (Å²) < 4.78 is 0. The van der Waals surface area contributed by atoms with Crippen molar-refractivity contribution in [2.45, 2.75) is 38.6 Å². The van der Waals surface area contributed by atoms with Crippen LogP contribution in [-0.2, 0) is 14.4 Å². The molecule has 0 aromatic carbocycles. The van der Waals surface area contributed by atoms with E-state index in [2.05, 4.69) is 30.9 Å². The largest absolute Gasteiger partial charge is 0.483 e. The Hall–Kier alpha value is -3.96. The van der Waals surface area contributed by atoms with E-state index in [1.54, 1.807) is 12.4 Å². The predicted octanol–water partition coefficient (Wildman–Crippen LogP) is 1.36. The molecule has 2 aromatic heterocycles. The first-order valence-electron chi connectivity index (χ1n) is 10.4. The molecule has 0 aliphatic heterocycles. The van der Waals surface area contributed by atoms with Gasteiger partial charge in [0.1, 0.15) is 5.82 Å². The molecule has 1 amide bonds. The van der Waals surface area contributed by atoms with Crippen molar-refractivity contribution >= 4 is 36.3 Å². The summed E-state index contributed by atoms with van der Waals surface area (Å²) in [6.45, 7) is 2.82. The first kappa shape index (κ1) is 27.1. The first-order chi connectivity index (χ1) is 15.9. The quantitative estimate of drug-likeness (QED) is 0.257. The van der Waals surface area contributed by atoms with Gasteiger partial charge in [-0.05, 0) is 50.3 Å². The SMILES string of the molecule is Cc1cnccc1NCCNC(=O)C1CCC(Nc2ccnc(N)n2)CC1.O=CO.O=CO. The Morgan fingerprint density at radius 3 is 2.39 bits per heavy atom. The van der Waals surface area contributed by atoms with Crippen LogP contribution in [0.15, 0.2) is 30.7 Å². The maximum absolute atomic E-state index is 12.4. The van der Waals surface area contributed by atoms with Crippen LogP contribution in [0, 0.1) is 12.8 Å². The van der Waals surface area contributed by atoms with Gasteiger partial charge < -0.3 is 31.9 Å². The maximum Gasteiger partial charge on any atom is 0.290 e. The highest BCUT2D eigenvalue weighted by molar-refractivity contribution is 5.78. The number of hydrogen-bond acceptors (Lipinski definition) is 9. The molecule has 1 aliphatic rings. The molecule has 0 spiro atoms. The minimum absolute atomic E-state index is 0.0844. The van der Waals surface area contributed by atoms with Gasteiger partial charge >= 0.3 is 0 Å². The number of nitrogens with two attached hydrogens (primary N) is 1. The number of hydrogen-bond donors (Lipinski definition) is 6. The van der Waals surface area contributed by atoms with Gasteiger partial charge in [-0.3, -0.25) is 19.4 Å². The van der Waals surface area contributed by atoms with E-state index < -0.39 is 0 Å². The van der Waals surface area contributed by atoms with E-state index in [9.17, 15) is 4.79 Å². The van der Waals surface area contributed by atoms with Crippen molar-refractivity contribution in [3.63, 3.8) is 0 Å². The zero-order valence-electron chi connectivity index (χ0n) is 18.5. The molecule has 12 heteroatoms. The predicted molar refractivity (Wildman–Crippen MR) is 124 cm³/mol. The highest BCUT2D eigenvalue weighted by atomic mass is 16.3. The van der Waals surface area contributed by atoms with Crippen molar-refractivity contribution in [3.05, 3.63) is 36.3 Å². The number of pyridine rings is 1. The molecule has 12 nitrogen and oxygen atoms in total. The van der Waals surface area contributed by atoms with Gasteiger partial charge in [0.15, 0.2) is 0 Å². The van der Waals surface area contributed by atoms with Crippen LogP contribution in [0.2, 0.25) is 0 Å². The Bertz CT molecular complexity index is 854. The van der Waals surface area contributed by atoms with Crippen molar-refractivity contribution in [2.75, 3.05) is 29.5 Å². The van der Waals surface area contributed by atoms with Gasteiger partial charge in [0.05, 0.1) is 0 Å². The molecular formula is C21H31N7O5. The summed E-state index contributed by atoms with van der Waals surface area (Å²) in [5.74, 6) is 1.24.